The SMILES string of the molecule is O=C1NCC(CN2CN(c3ccc(F)cc3)C3(CCN(CC4CCCCCCC4)CC3)C2=O)O1. The van der Waals surface area contributed by atoms with Crippen LogP contribution >= 0.6 is 0 Å². The summed E-state index contributed by atoms with van der Waals surface area (Å²) in [6.07, 6.45) is 10.2. The summed E-state index contributed by atoms with van der Waals surface area (Å²) in [6.45, 7) is 4.15. The largest absolute Gasteiger partial charge is 0.442 e. The zero-order valence-electron chi connectivity index (χ0n) is 20.0. The lowest BCUT2D eigenvalue weighted by atomic mass is 9.84. The second-order valence-corrected chi connectivity index (χ2v) is 10.5. The zero-order valence-corrected chi connectivity index (χ0v) is 20.0. The third-order valence-corrected chi connectivity index (χ3v) is 8.25. The van der Waals surface area contributed by atoms with E-state index >= 15 is 0 Å². The number of benzene rings is 1. The van der Waals surface area contributed by atoms with Gasteiger partial charge >= 0.3 is 6.09 Å². The number of ether oxygens (including phenoxy) is 1. The summed E-state index contributed by atoms with van der Waals surface area (Å²) in [5, 5.41) is 2.67. The van der Waals surface area contributed by atoms with Crippen molar-refractivity contribution < 1.29 is 18.7 Å². The molecule has 186 valence electrons. The van der Waals surface area contributed by atoms with Gasteiger partial charge in [-0.1, -0.05) is 32.1 Å². The van der Waals surface area contributed by atoms with Gasteiger partial charge in [0.25, 0.3) is 0 Å². The van der Waals surface area contributed by atoms with E-state index in [1.807, 2.05) is 4.90 Å². The molecule has 0 bridgehead atoms. The number of nitrogens with zero attached hydrogens (tertiary/aromatic N) is 3. The number of piperidine rings is 1. The Balaban J connectivity index is 1.29. The van der Waals surface area contributed by atoms with Crippen LogP contribution in [0.25, 0.3) is 0 Å². The summed E-state index contributed by atoms with van der Waals surface area (Å²) >= 11 is 0. The molecule has 0 radical (unpaired) electrons. The molecule has 1 aromatic rings. The summed E-state index contributed by atoms with van der Waals surface area (Å²) in [5.41, 5.74) is 0.248. The van der Waals surface area contributed by atoms with Gasteiger partial charge in [-0.25, -0.2) is 9.18 Å². The van der Waals surface area contributed by atoms with E-state index in [1.54, 1.807) is 12.1 Å². The Bertz CT molecular complexity index is 863. The molecule has 8 heteroatoms. The van der Waals surface area contributed by atoms with Gasteiger partial charge < -0.3 is 24.8 Å². The maximum Gasteiger partial charge on any atom is 0.407 e. The Hall–Kier alpha value is -2.35. The molecule has 1 unspecified atom stereocenters. The van der Waals surface area contributed by atoms with Gasteiger partial charge in [0.05, 0.1) is 19.8 Å². The molecule has 34 heavy (non-hydrogen) atoms. The summed E-state index contributed by atoms with van der Waals surface area (Å²) in [5.74, 6) is 0.589. The summed E-state index contributed by atoms with van der Waals surface area (Å²) in [7, 11) is 0. The van der Waals surface area contributed by atoms with Crippen LogP contribution in [0.3, 0.4) is 0 Å². The number of nitrogens with one attached hydrogen (secondary N) is 1. The van der Waals surface area contributed by atoms with E-state index in [1.165, 1.54) is 57.1 Å². The number of halogens is 1. The van der Waals surface area contributed by atoms with Crippen LogP contribution < -0.4 is 10.2 Å². The van der Waals surface area contributed by atoms with Crippen LogP contribution in [0.2, 0.25) is 0 Å². The van der Waals surface area contributed by atoms with Gasteiger partial charge in [-0.05, 0) is 55.9 Å². The lowest BCUT2D eigenvalue weighted by Crippen LogP contribution is -2.57. The Morgan fingerprint density at radius 2 is 1.65 bits per heavy atom. The maximum absolute atomic E-state index is 13.8. The molecule has 3 heterocycles. The van der Waals surface area contributed by atoms with E-state index in [0.717, 1.165) is 44.1 Å². The lowest BCUT2D eigenvalue weighted by Gasteiger charge is -2.44. The van der Waals surface area contributed by atoms with E-state index < -0.39 is 11.6 Å². The van der Waals surface area contributed by atoms with Crippen molar-refractivity contribution in [1.82, 2.24) is 15.1 Å². The van der Waals surface area contributed by atoms with Crippen molar-refractivity contribution in [3.05, 3.63) is 30.1 Å². The second kappa shape index (κ2) is 10.1. The smallest absolute Gasteiger partial charge is 0.407 e. The Kier molecular flexibility index (Phi) is 6.95. The summed E-state index contributed by atoms with van der Waals surface area (Å²) in [4.78, 5) is 31.8. The number of hydrogen-bond acceptors (Lipinski definition) is 5. The highest BCUT2D eigenvalue weighted by Gasteiger charge is 2.54. The number of anilines is 1. The molecular formula is C26H37FN4O3. The maximum atomic E-state index is 13.8. The molecule has 4 fully saturated rings. The van der Waals surface area contributed by atoms with Crippen LogP contribution in [0, 0.1) is 11.7 Å². The van der Waals surface area contributed by atoms with Gasteiger partial charge in [-0.2, -0.15) is 0 Å². The summed E-state index contributed by atoms with van der Waals surface area (Å²) < 4.78 is 18.9. The van der Waals surface area contributed by atoms with Crippen molar-refractivity contribution >= 4 is 17.7 Å². The number of alkyl carbamates (subject to hydrolysis) is 1. The van der Waals surface area contributed by atoms with Crippen LogP contribution in [0.5, 0.6) is 0 Å². The monoisotopic (exact) mass is 472 g/mol. The van der Waals surface area contributed by atoms with E-state index in [0.29, 0.717) is 19.8 Å². The van der Waals surface area contributed by atoms with E-state index in [-0.39, 0.29) is 17.8 Å². The van der Waals surface area contributed by atoms with E-state index in [2.05, 4.69) is 15.1 Å². The number of cyclic esters (lactones) is 1. The Labute approximate surface area is 201 Å². The second-order valence-electron chi connectivity index (χ2n) is 10.5. The number of hydrogen-bond donors (Lipinski definition) is 1. The van der Waals surface area contributed by atoms with Gasteiger partial charge in [-0.15, -0.1) is 0 Å². The van der Waals surface area contributed by atoms with Crippen molar-refractivity contribution in [2.45, 2.75) is 69.4 Å². The zero-order chi connectivity index (χ0) is 23.5. The number of amides is 2. The number of rotatable bonds is 5. The third-order valence-electron chi connectivity index (χ3n) is 8.25. The van der Waals surface area contributed by atoms with Gasteiger partial charge in [0.1, 0.15) is 17.5 Å². The summed E-state index contributed by atoms with van der Waals surface area (Å²) in [6, 6.07) is 6.46. The minimum Gasteiger partial charge on any atom is -0.442 e. The molecular weight excluding hydrogens is 435 g/mol. The van der Waals surface area contributed by atoms with Gasteiger partial charge in [0.15, 0.2) is 0 Å². The van der Waals surface area contributed by atoms with Crippen molar-refractivity contribution in [3.8, 4) is 0 Å². The highest BCUT2D eigenvalue weighted by atomic mass is 19.1. The van der Waals surface area contributed by atoms with Gasteiger partial charge in [0.2, 0.25) is 5.91 Å². The fourth-order valence-corrected chi connectivity index (χ4v) is 6.33. The predicted octanol–water partition coefficient (Wildman–Crippen LogP) is 3.74. The molecule has 1 aromatic carbocycles. The first-order valence-electron chi connectivity index (χ1n) is 13.0. The quantitative estimate of drug-likeness (QED) is 0.707. The fourth-order valence-electron chi connectivity index (χ4n) is 6.33. The van der Waals surface area contributed by atoms with Crippen LogP contribution in [-0.2, 0) is 9.53 Å². The van der Waals surface area contributed by atoms with Crippen molar-refractivity contribution in [3.63, 3.8) is 0 Å². The van der Waals surface area contributed by atoms with Crippen LogP contribution in [0.1, 0.15) is 57.8 Å². The minimum absolute atomic E-state index is 0.102. The Morgan fingerprint density at radius 3 is 2.29 bits per heavy atom. The molecule has 1 atom stereocenters. The van der Waals surface area contributed by atoms with Crippen molar-refractivity contribution in [1.29, 1.82) is 0 Å². The van der Waals surface area contributed by atoms with E-state index in [4.69, 9.17) is 4.74 Å². The van der Waals surface area contributed by atoms with Gasteiger partial charge in [0, 0.05) is 25.3 Å². The molecule has 7 nitrogen and oxygen atoms in total. The first kappa shape index (κ1) is 23.4. The minimum atomic E-state index is -0.620. The topological polar surface area (TPSA) is 65.1 Å². The number of carbonyl (C=O) groups excluding carboxylic acids is 2. The normalized spacial score (nSPS) is 26.4. The van der Waals surface area contributed by atoms with Crippen LogP contribution in [-0.4, -0.2) is 72.8 Å². The average molecular weight is 473 g/mol. The Morgan fingerprint density at radius 1 is 0.971 bits per heavy atom. The number of likely N-dealkylation sites (tertiary alicyclic amines) is 1. The van der Waals surface area contributed by atoms with Crippen molar-refractivity contribution in [2.75, 3.05) is 44.3 Å². The van der Waals surface area contributed by atoms with Crippen LogP contribution in [0.15, 0.2) is 24.3 Å². The predicted molar refractivity (Wildman–Crippen MR) is 128 cm³/mol. The molecule has 2 amide bonds. The molecule has 1 saturated carbocycles. The fraction of sp³-hybridized carbons (Fsp3) is 0.692. The molecule has 1 aliphatic carbocycles. The van der Waals surface area contributed by atoms with Crippen molar-refractivity contribution in [2.24, 2.45) is 5.92 Å². The van der Waals surface area contributed by atoms with Gasteiger partial charge in [-0.3, -0.25) is 4.79 Å². The molecule has 3 aliphatic heterocycles. The molecule has 1 N–H and O–H groups in total. The highest BCUT2D eigenvalue weighted by molar-refractivity contribution is 5.93. The third kappa shape index (κ3) is 4.88. The molecule has 5 rings (SSSR count). The standard InChI is InChI=1S/C26H37FN4O3/c27-21-8-10-22(11-9-21)31-19-30(18-23-16-28-25(33)34-23)24(32)26(31)12-14-29(15-13-26)17-20-6-4-2-1-3-5-7-20/h8-11,20,23H,1-7,12-19H2,(H,28,33). The first-order valence-corrected chi connectivity index (χ1v) is 13.0. The lowest BCUT2D eigenvalue weighted by molar-refractivity contribution is -0.134. The first-order chi connectivity index (χ1) is 16.5. The molecule has 3 saturated heterocycles. The number of carbonyl (C=O) groups is 2. The molecule has 4 aliphatic rings. The van der Waals surface area contributed by atoms with Crippen LogP contribution in [0.4, 0.5) is 14.9 Å². The highest BCUT2D eigenvalue weighted by Crippen LogP contribution is 2.40. The van der Waals surface area contributed by atoms with E-state index in [9.17, 15) is 14.0 Å². The average Bonchev–Trinajstić information content (AvgIpc) is 3.34. The molecule has 0 aromatic heterocycles. The molecule has 1 spiro atoms.